The summed E-state index contributed by atoms with van der Waals surface area (Å²) in [5.41, 5.74) is -0.376. The molecule has 1 aliphatic rings. The summed E-state index contributed by atoms with van der Waals surface area (Å²) in [5.74, 6) is -7.01. The molecule has 0 radical (unpaired) electrons. The molecule has 2 aromatic carbocycles. The Bertz CT molecular complexity index is 753. The monoisotopic (exact) mass is 306 g/mol. The van der Waals surface area contributed by atoms with E-state index in [1.165, 1.54) is 24.3 Å². The zero-order valence-electron chi connectivity index (χ0n) is 11.1. The highest BCUT2D eigenvalue weighted by molar-refractivity contribution is 6.03. The molecule has 112 valence electrons. The van der Waals surface area contributed by atoms with Crippen LogP contribution in [0, 0.1) is 5.82 Å². The highest BCUT2D eigenvalue weighted by Gasteiger charge is 2.54. The van der Waals surface area contributed by atoms with Crippen LogP contribution in [0.15, 0.2) is 48.5 Å². The number of ketones is 1. The van der Waals surface area contributed by atoms with E-state index in [1.807, 2.05) is 0 Å². The SMILES string of the molecule is O=C1O[C@@H](C(F)(F)C(=O)c2ccc(F)cc2)c2ccccc21. The molecule has 0 unspecified atom stereocenters. The summed E-state index contributed by atoms with van der Waals surface area (Å²) in [4.78, 5) is 23.6. The van der Waals surface area contributed by atoms with Gasteiger partial charge in [0.15, 0.2) is 6.10 Å². The molecular weight excluding hydrogens is 297 g/mol. The highest BCUT2D eigenvalue weighted by atomic mass is 19.3. The van der Waals surface area contributed by atoms with Crippen molar-refractivity contribution in [3.63, 3.8) is 0 Å². The van der Waals surface area contributed by atoms with Crippen LogP contribution in [0.3, 0.4) is 0 Å². The molecule has 6 heteroatoms. The molecule has 0 amide bonds. The molecule has 0 spiro atoms. The molecule has 1 atom stereocenters. The minimum atomic E-state index is -3.94. The van der Waals surface area contributed by atoms with Crippen LogP contribution in [0.2, 0.25) is 0 Å². The van der Waals surface area contributed by atoms with Crippen LogP contribution in [0.4, 0.5) is 13.2 Å². The molecule has 22 heavy (non-hydrogen) atoms. The van der Waals surface area contributed by atoms with Crippen molar-refractivity contribution in [1.82, 2.24) is 0 Å². The normalized spacial score (nSPS) is 17.0. The van der Waals surface area contributed by atoms with Gasteiger partial charge in [0.25, 0.3) is 0 Å². The fourth-order valence-corrected chi connectivity index (χ4v) is 2.33. The van der Waals surface area contributed by atoms with E-state index in [1.54, 1.807) is 0 Å². The number of halogens is 3. The van der Waals surface area contributed by atoms with Crippen LogP contribution in [-0.4, -0.2) is 17.7 Å². The van der Waals surface area contributed by atoms with Crippen LogP contribution >= 0.6 is 0 Å². The zero-order chi connectivity index (χ0) is 15.9. The molecule has 0 saturated carbocycles. The Hall–Kier alpha value is -2.63. The van der Waals surface area contributed by atoms with E-state index in [0.29, 0.717) is 0 Å². The number of hydrogen-bond acceptors (Lipinski definition) is 3. The van der Waals surface area contributed by atoms with Crippen molar-refractivity contribution in [2.45, 2.75) is 12.0 Å². The number of fused-ring (bicyclic) bond motifs is 1. The maximum atomic E-state index is 14.4. The van der Waals surface area contributed by atoms with Gasteiger partial charge in [0.2, 0.25) is 5.78 Å². The Morgan fingerprint density at radius 2 is 1.68 bits per heavy atom. The van der Waals surface area contributed by atoms with E-state index in [-0.39, 0.29) is 16.7 Å². The molecule has 0 N–H and O–H groups in total. The third-order valence-electron chi connectivity index (χ3n) is 3.43. The highest BCUT2D eigenvalue weighted by Crippen LogP contribution is 2.43. The van der Waals surface area contributed by atoms with Gasteiger partial charge in [0, 0.05) is 11.1 Å². The van der Waals surface area contributed by atoms with Crippen LogP contribution in [-0.2, 0) is 4.74 Å². The lowest BCUT2D eigenvalue weighted by Crippen LogP contribution is -2.36. The minimum Gasteiger partial charge on any atom is -0.447 e. The summed E-state index contributed by atoms with van der Waals surface area (Å²) < 4.78 is 46.4. The van der Waals surface area contributed by atoms with Crippen molar-refractivity contribution in [3.05, 3.63) is 71.0 Å². The van der Waals surface area contributed by atoms with Gasteiger partial charge in [-0.3, -0.25) is 4.79 Å². The van der Waals surface area contributed by atoms with Gasteiger partial charge in [0.05, 0.1) is 5.56 Å². The van der Waals surface area contributed by atoms with Crippen LogP contribution in [0.5, 0.6) is 0 Å². The smallest absolute Gasteiger partial charge is 0.349 e. The molecule has 0 fully saturated rings. The van der Waals surface area contributed by atoms with E-state index in [0.717, 1.165) is 24.3 Å². The topological polar surface area (TPSA) is 43.4 Å². The third-order valence-corrected chi connectivity index (χ3v) is 3.43. The second kappa shape index (κ2) is 4.98. The fraction of sp³-hybridized carbons (Fsp3) is 0.125. The summed E-state index contributed by atoms with van der Waals surface area (Å²) in [5, 5.41) is 0. The number of rotatable bonds is 3. The number of hydrogen-bond donors (Lipinski definition) is 0. The average Bonchev–Trinajstić information content (AvgIpc) is 2.86. The minimum absolute atomic E-state index is 0.0130. The molecule has 0 aromatic heterocycles. The summed E-state index contributed by atoms with van der Waals surface area (Å²) in [6, 6.07) is 9.43. The summed E-state index contributed by atoms with van der Waals surface area (Å²) in [7, 11) is 0. The number of alkyl halides is 2. The second-order valence-corrected chi connectivity index (χ2v) is 4.83. The quantitative estimate of drug-likeness (QED) is 0.643. The molecule has 1 heterocycles. The predicted octanol–water partition coefficient (Wildman–Crippen LogP) is 3.56. The lowest BCUT2D eigenvalue weighted by molar-refractivity contribution is -0.0820. The predicted molar refractivity (Wildman–Crippen MR) is 70.3 cm³/mol. The van der Waals surface area contributed by atoms with Crippen molar-refractivity contribution >= 4 is 11.8 Å². The van der Waals surface area contributed by atoms with Crippen molar-refractivity contribution in [3.8, 4) is 0 Å². The molecule has 0 bridgehead atoms. The van der Waals surface area contributed by atoms with Gasteiger partial charge >= 0.3 is 11.9 Å². The van der Waals surface area contributed by atoms with E-state index < -0.39 is 29.6 Å². The van der Waals surface area contributed by atoms with Crippen LogP contribution in [0.25, 0.3) is 0 Å². The van der Waals surface area contributed by atoms with Crippen molar-refractivity contribution in [1.29, 1.82) is 0 Å². The third kappa shape index (κ3) is 2.16. The lowest BCUT2D eigenvalue weighted by Gasteiger charge is -2.21. The van der Waals surface area contributed by atoms with E-state index >= 15 is 0 Å². The zero-order valence-corrected chi connectivity index (χ0v) is 11.1. The average molecular weight is 306 g/mol. The van der Waals surface area contributed by atoms with E-state index in [9.17, 15) is 22.8 Å². The first-order valence-electron chi connectivity index (χ1n) is 6.39. The van der Waals surface area contributed by atoms with Gasteiger partial charge in [-0.25, -0.2) is 9.18 Å². The summed E-state index contributed by atoms with van der Waals surface area (Å²) in [6.07, 6.45) is -1.98. The van der Waals surface area contributed by atoms with Gasteiger partial charge in [-0.05, 0) is 30.3 Å². The van der Waals surface area contributed by atoms with Crippen molar-refractivity contribution < 1.29 is 27.5 Å². The van der Waals surface area contributed by atoms with Crippen molar-refractivity contribution in [2.24, 2.45) is 0 Å². The molecule has 0 saturated heterocycles. The fourth-order valence-electron chi connectivity index (χ4n) is 2.33. The van der Waals surface area contributed by atoms with Gasteiger partial charge in [-0.2, -0.15) is 8.78 Å². The Labute approximate surface area is 123 Å². The van der Waals surface area contributed by atoms with Gasteiger partial charge in [-0.1, -0.05) is 18.2 Å². The Morgan fingerprint density at radius 1 is 1.05 bits per heavy atom. The number of carbonyl (C=O) groups is 2. The standard InChI is InChI=1S/C16H9F3O3/c17-10-7-5-9(6-8-10)13(20)16(18,19)14-11-3-1-2-4-12(11)15(21)22-14/h1-8,14H/t14-/m1/s1. The maximum absolute atomic E-state index is 14.4. The first kappa shape index (κ1) is 14.3. The lowest BCUT2D eigenvalue weighted by atomic mass is 9.95. The molecule has 1 aliphatic heterocycles. The van der Waals surface area contributed by atoms with E-state index in [2.05, 4.69) is 4.74 Å². The first-order chi connectivity index (χ1) is 10.4. The Kier molecular flexibility index (Phi) is 3.24. The molecular formula is C16H9F3O3. The van der Waals surface area contributed by atoms with Crippen molar-refractivity contribution in [2.75, 3.05) is 0 Å². The summed E-state index contributed by atoms with van der Waals surface area (Å²) in [6.45, 7) is 0. The number of benzene rings is 2. The van der Waals surface area contributed by atoms with E-state index in [4.69, 9.17) is 0 Å². The number of ether oxygens (including phenoxy) is 1. The van der Waals surface area contributed by atoms with Crippen LogP contribution in [0.1, 0.15) is 32.4 Å². The largest absolute Gasteiger partial charge is 0.447 e. The van der Waals surface area contributed by atoms with Gasteiger partial charge < -0.3 is 4.74 Å². The number of cyclic esters (lactones) is 1. The number of Topliss-reactive ketones (excluding diaryl/α,β-unsaturated/α-hetero) is 1. The first-order valence-corrected chi connectivity index (χ1v) is 6.39. The maximum Gasteiger partial charge on any atom is 0.349 e. The Balaban J connectivity index is 1.98. The molecule has 2 aromatic rings. The number of esters is 1. The Morgan fingerprint density at radius 3 is 2.36 bits per heavy atom. The van der Waals surface area contributed by atoms with Gasteiger partial charge in [-0.15, -0.1) is 0 Å². The molecule has 3 nitrogen and oxygen atoms in total. The second-order valence-electron chi connectivity index (χ2n) is 4.83. The van der Waals surface area contributed by atoms with Crippen LogP contribution < -0.4 is 0 Å². The molecule has 0 aliphatic carbocycles. The number of carbonyl (C=O) groups excluding carboxylic acids is 2. The molecule has 3 rings (SSSR count). The van der Waals surface area contributed by atoms with Gasteiger partial charge in [0.1, 0.15) is 5.82 Å². The summed E-state index contributed by atoms with van der Waals surface area (Å²) >= 11 is 0.